The molecule has 1 heterocycles. The summed E-state index contributed by atoms with van der Waals surface area (Å²) in [5.41, 5.74) is 0.630. The average Bonchev–Trinajstić information content (AvgIpc) is 2.65. The van der Waals surface area contributed by atoms with Gasteiger partial charge in [-0.2, -0.15) is 0 Å². The van der Waals surface area contributed by atoms with Gasteiger partial charge in [0.1, 0.15) is 5.25 Å². The molecule has 6 heteroatoms. The Labute approximate surface area is 120 Å². The predicted octanol–water partition coefficient (Wildman–Crippen LogP) is 2.04. The van der Waals surface area contributed by atoms with Crippen LogP contribution in [0.25, 0.3) is 0 Å². The summed E-state index contributed by atoms with van der Waals surface area (Å²) in [4.78, 5) is 35.8. The molecule has 1 aliphatic heterocycles. The smallest absolute Gasteiger partial charge is 0.305 e. The Balaban J connectivity index is 2.37. The van der Waals surface area contributed by atoms with E-state index >= 15 is 0 Å². The number of ketones is 1. The maximum Gasteiger partial charge on any atom is 0.305 e. The topological polar surface area (TPSA) is 74.7 Å². The number of aliphatic carboxylic acids is 1. The molecule has 1 fully saturated rings. The number of carbonyl (C=O) groups is 3. The van der Waals surface area contributed by atoms with Crippen molar-refractivity contribution in [1.29, 1.82) is 0 Å². The highest BCUT2D eigenvalue weighted by molar-refractivity contribution is 8.05. The van der Waals surface area contributed by atoms with Gasteiger partial charge in [0.05, 0.1) is 11.4 Å². The van der Waals surface area contributed by atoms with Crippen molar-refractivity contribution in [3.8, 4) is 0 Å². The number of anilines is 1. The first-order valence-corrected chi connectivity index (χ1v) is 6.86. The van der Waals surface area contributed by atoms with Gasteiger partial charge in [0, 0.05) is 11.8 Å². The lowest BCUT2D eigenvalue weighted by molar-refractivity contribution is -0.138. The van der Waals surface area contributed by atoms with Crippen LogP contribution in [0.1, 0.15) is 13.3 Å². The molecule has 0 aliphatic carbocycles. The minimum absolute atomic E-state index is 0.183. The minimum Gasteiger partial charge on any atom is -0.481 e. The number of carboxylic acids is 1. The summed E-state index contributed by atoms with van der Waals surface area (Å²) in [5.74, 6) is -1.53. The van der Waals surface area contributed by atoms with Gasteiger partial charge in [-0.15, -0.1) is 0 Å². The number of para-hydroxylation sites is 1. The first-order valence-electron chi connectivity index (χ1n) is 5.99. The lowest BCUT2D eigenvalue weighted by Crippen LogP contribution is -2.29. The Bertz CT molecular complexity index is 582. The summed E-state index contributed by atoms with van der Waals surface area (Å²) in [7, 11) is 0. The molecule has 20 heavy (non-hydrogen) atoms. The number of carboxylic acid groups (broad SMARTS) is 1. The van der Waals surface area contributed by atoms with E-state index in [-0.39, 0.29) is 18.1 Å². The average molecular weight is 291 g/mol. The van der Waals surface area contributed by atoms with E-state index in [1.54, 1.807) is 24.3 Å². The molecule has 1 N–H and O–H groups in total. The molecule has 0 radical (unpaired) electrons. The van der Waals surface area contributed by atoms with E-state index in [0.29, 0.717) is 10.7 Å². The molecule has 1 aliphatic rings. The second-order valence-electron chi connectivity index (χ2n) is 4.31. The van der Waals surface area contributed by atoms with Crippen molar-refractivity contribution in [2.45, 2.75) is 18.6 Å². The lowest BCUT2D eigenvalue weighted by Gasteiger charge is -2.17. The van der Waals surface area contributed by atoms with Crippen LogP contribution in [-0.4, -0.2) is 28.0 Å². The third-order valence-corrected chi connectivity index (χ3v) is 3.88. The van der Waals surface area contributed by atoms with Crippen LogP contribution in [0.15, 0.2) is 41.4 Å². The van der Waals surface area contributed by atoms with Gasteiger partial charge in [-0.05, 0) is 19.1 Å². The Morgan fingerprint density at radius 2 is 2.00 bits per heavy atom. The van der Waals surface area contributed by atoms with E-state index in [9.17, 15) is 14.4 Å². The van der Waals surface area contributed by atoms with E-state index in [0.717, 1.165) is 11.8 Å². The molecule has 1 atom stereocenters. The molecule has 1 saturated heterocycles. The minimum atomic E-state index is -1.03. The number of carbonyl (C=O) groups excluding carboxylic acids is 2. The van der Waals surface area contributed by atoms with Crippen LogP contribution < -0.4 is 4.90 Å². The Morgan fingerprint density at radius 3 is 2.55 bits per heavy atom. The number of nitrogens with zero attached hydrogens (tertiary/aromatic N) is 1. The van der Waals surface area contributed by atoms with Gasteiger partial charge in [-0.3, -0.25) is 19.3 Å². The number of benzene rings is 1. The second kappa shape index (κ2) is 5.92. The fourth-order valence-electron chi connectivity index (χ4n) is 1.89. The van der Waals surface area contributed by atoms with Crippen LogP contribution in [0.4, 0.5) is 5.69 Å². The zero-order chi connectivity index (χ0) is 14.7. The van der Waals surface area contributed by atoms with Gasteiger partial charge >= 0.3 is 5.97 Å². The van der Waals surface area contributed by atoms with Gasteiger partial charge in [-0.1, -0.05) is 30.0 Å². The van der Waals surface area contributed by atoms with Gasteiger partial charge in [0.25, 0.3) is 0 Å². The standard InChI is InChI=1S/C14H13NO4S/c1-9(16)7-12-15(10-5-3-2-4-6-10)14(19)11(20-12)8-13(17)18/h2-7,11H,8H2,1H3,(H,17,18)/b12-7+/t11-/m0/s1. The molecule has 0 unspecified atom stereocenters. The molecule has 0 spiro atoms. The monoisotopic (exact) mass is 291 g/mol. The fourth-order valence-corrected chi connectivity index (χ4v) is 3.15. The molecule has 0 aromatic heterocycles. The Morgan fingerprint density at radius 1 is 1.35 bits per heavy atom. The summed E-state index contributed by atoms with van der Waals surface area (Å²) in [6.45, 7) is 1.39. The highest BCUT2D eigenvalue weighted by Crippen LogP contribution is 2.39. The first kappa shape index (κ1) is 14.3. The summed E-state index contributed by atoms with van der Waals surface area (Å²) >= 11 is 1.11. The molecule has 1 aromatic rings. The van der Waals surface area contributed by atoms with Crippen molar-refractivity contribution < 1.29 is 19.5 Å². The Kier molecular flexibility index (Phi) is 4.24. The molecule has 5 nitrogen and oxygen atoms in total. The van der Waals surface area contributed by atoms with E-state index in [2.05, 4.69) is 0 Å². The third-order valence-electron chi connectivity index (χ3n) is 2.68. The summed E-state index contributed by atoms with van der Waals surface area (Å²) in [6.07, 6.45) is 1.10. The summed E-state index contributed by atoms with van der Waals surface area (Å²) < 4.78 is 0. The molecule has 2 rings (SSSR count). The van der Waals surface area contributed by atoms with Crippen LogP contribution in [0.5, 0.6) is 0 Å². The van der Waals surface area contributed by atoms with E-state index in [1.807, 2.05) is 6.07 Å². The predicted molar refractivity (Wildman–Crippen MR) is 76.3 cm³/mol. The van der Waals surface area contributed by atoms with Crippen molar-refractivity contribution in [3.05, 3.63) is 41.4 Å². The summed E-state index contributed by atoms with van der Waals surface area (Å²) in [6, 6.07) is 8.87. The summed E-state index contributed by atoms with van der Waals surface area (Å²) in [5, 5.41) is 8.62. The zero-order valence-electron chi connectivity index (χ0n) is 10.8. The molecular formula is C14H13NO4S. The van der Waals surface area contributed by atoms with E-state index in [1.165, 1.54) is 17.9 Å². The highest BCUT2D eigenvalue weighted by atomic mass is 32.2. The van der Waals surface area contributed by atoms with Crippen LogP contribution in [0, 0.1) is 0 Å². The van der Waals surface area contributed by atoms with Crippen molar-refractivity contribution >= 4 is 35.1 Å². The van der Waals surface area contributed by atoms with Gasteiger partial charge < -0.3 is 5.11 Å². The zero-order valence-corrected chi connectivity index (χ0v) is 11.6. The van der Waals surface area contributed by atoms with Crippen LogP contribution in [-0.2, 0) is 14.4 Å². The van der Waals surface area contributed by atoms with Crippen molar-refractivity contribution in [1.82, 2.24) is 0 Å². The second-order valence-corrected chi connectivity index (χ2v) is 5.53. The molecule has 1 aromatic carbocycles. The third kappa shape index (κ3) is 3.08. The number of allylic oxidation sites excluding steroid dienone is 1. The van der Waals surface area contributed by atoms with E-state index in [4.69, 9.17) is 5.11 Å². The number of thioether (sulfide) groups is 1. The van der Waals surface area contributed by atoms with Crippen LogP contribution in [0.2, 0.25) is 0 Å². The lowest BCUT2D eigenvalue weighted by atomic mass is 10.2. The number of hydrogen-bond acceptors (Lipinski definition) is 4. The van der Waals surface area contributed by atoms with E-state index < -0.39 is 11.2 Å². The maximum atomic E-state index is 12.3. The van der Waals surface area contributed by atoms with Crippen LogP contribution in [0.3, 0.4) is 0 Å². The van der Waals surface area contributed by atoms with Crippen molar-refractivity contribution in [2.24, 2.45) is 0 Å². The normalized spacial score (nSPS) is 20.4. The first-order chi connectivity index (χ1) is 9.49. The van der Waals surface area contributed by atoms with Gasteiger partial charge in [0.15, 0.2) is 5.78 Å². The molecular weight excluding hydrogens is 278 g/mol. The molecule has 0 bridgehead atoms. The molecule has 104 valence electrons. The molecule has 0 saturated carbocycles. The number of hydrogen-bond donors (Lipinski definition) is 1. The van der Waals surface area contributed by atoms with Gasteiger partial charge in [-0.25, -0.2) is 0 Å². The SMILES string of the molecule is CC(=O)/C=C1/S[C@@H](CC(=O)O)C(=O)N1c1ccccc1. The van der Waals surface area contributed by atoms with Crippen LogP contribution >= 0.6 is 11.8 Å². The highest BCUT2D eigenvalue weighted by Gasteiger charge is 2.38. The number of amides is 1. The molecule has 1 amide bonds. The fraction of sp³-hybridized carbons (Fsp3) is 0.214. The van der Waals surface area contributed by atoms with Crippen molar-refractivity contribution in [3.63, 3.8) is 0 Å². The largest absolute Gasteiger partial charge is 0.481 e. The quantitative estimate of drug-likeness (QED) is 0.859. The maximum absolute atomic E-state index is 12.3. The number of rotatable bonds is 4. The Hall–Kier alpha value is -2.08. The van der Waals surface area contributed by atoms with Crippen molar-refractivity contribution in [2.75, 3.05) is 4.90 Å². The van der Waals surface area contributed by atoms with Gasteiger partial charge in [0.2, 0.25) is 5.91 Å².